The summed E-state index contributed by atoms with van der Waals surface area (Å²) in [5, 5.41) is 6.04. The molecular formula is C19H16BrN3O2. The highest BCUT2D eigenvalue weighted by Gasteiger charge is 2.09. The number of rotatable bonds is 5. The summed E-state index contributed by atoms with van der Waals surface area (Å²) in [5.74, 6) is 1.06. The highest BCUT2D eigenvalue weighted by molar-refractivity contribution is 9.10. The number of carbonyl (C=O) groups is 1. The van der Waals surface area contributed by atoms with Crippen LogP contribution in [0.3, 0.4) is 0 Å². The van der Waals surface area contributed by atoms with Crippen molar-refractivity contribution in [3.8, 4) is 5.75 Å². The van der Waals surface area contributed by atoms with Gasteiger partial charge in [0.05, 0.1) is 12.8 Å². The van der Waals surface area contributed by atoms with Crippen molar-refractivity contribution in [1.82, 2.24) is 4.98 Å². The Kier molecular flexibility index (Phi) is 5.30. The minimum absolute atomic E-state index is 0.217. The zero-order valence-electron chi connectivity index (χ0n) is 13.5. The van der Waals surface area contributed by atoms with E-state index < -0.39 is 0 Å². The molecule has 0 bridgehead atoms. The molecule has 2 aromatic carbocycles. The van der Waals surface area contributed by atoms with Crippen LogP contribution in [0, 0.1) is 0 Å². The summed E-state index contributed by atoms with van der Waals surface area (Å²) < 4.78 is 6.08. The van der Waals surface area contributed by atoms with Gasteiger partial charge in [-0.15, -0.1) is 0 Å². The van der Waals surface area contributed by atoms with Gasteiger partial charge in [-0.05, 0) is 52.3 Å². The van der Waals surface area contributed by atoms with Crippen LogP contribution < -0.4 is 15.4 Å². The Morgan fingerprint density at radius 2 is 1.92 bits per heavy atom. The third-order valence-electron chi connectivity index (χ3n) is 3.49. The minimum atomic E-state index is -0.217. The molecule has 1 amide bonds. The van der Waals surface area contributed by atoms with Crippen molar-refractivity contribution in [2.24, 2.45) is 0 Å². The van der Waals surface area contributed by atoms with Crippen molar-refractivity contribution in [3.63, 3.8) is 0 Å². The van der Waals surface area contributed by atoms with Crippen molar-refractivity contribution in [2.75, 3.05) is 17.7 Å². The van der Waals surface area contributed by atoms with Gasteiger partial charge in [0.15, 0.2) is 0 Å². The predicted molar refractivity (Wildman–Crippen MR) is 103 cm³/mol. The number of halogens is 1. The van der Waals surface area contributed by atoms with Crippen LogP contribution in [0.4, 0.5) is 17.2 Å². The summed E-state index contributed by atoms with van der Waals surface area (Å²) in [6, 6.07) is 18.3. The fourth-order valence-corrected chi connectivity index (χ4v) is 2.63. The molecule has 0 aliphatic carbocycles. The zero-order chi connectivity index (χ0) is 17.6. The number of nitrogens with zero attached hydrogens (tertiary/aromatic N) is 1. The maximum Gasteiger partial charge on any atom is 0.255 e. The van der Waals surface area contributed by atoms with Gasteiger partial charge in [0.1, 0.15) is 11.6 Å². The van der Waals surface area contributed by atoms with Gasteiger partial charge in [0, 0.05) is 28.0 Å². The van der Waals surface area contributed by atoms with E-state index in [-0.39, 0.29) is 5.91 Å². The normalized spacial score (nSPS) is 10.2. The van der Waals surface area contributed by atoms with Crippen molar-refractivity contribution in [2.45, 2.75) is 0 Å². The van der Waals surface area contributed by atoms with Crippen LogP contribution in [0.1, 0.15) is 10.4 Å². The molecule has 0 saturated carbocycles. The van der Waals surface area contributed by atoms with Crippen molar-refractivity contribution in [3.05, 3.63) is 76.9 Å². The second kappa shape index (κ2) is 7.81. The Morgan fingerprint density at radius 1 is 1.08 bits per heavy atom. The molecule has 3 rings (SSSR count). The highest BCUT2D eigenvalue weighted by atomic mass is 79.9. The van der Waals surface area contributed by atoms with Crippen molar-refractivity contribution >= 4 is 39.0 Å². The van der Waals surface area contributed by atoms with Crippen molar-refractivity contribution < 1.29 is 9.53 Å². The van der Waals surface area contributed by atoms with Gasteiger partial charge < -0.3 is 15.4 Å². The molecule has 1 heterocycles. The Balaban J connectivity index is 1.76. The van der Waals surface area contributed by atoms with Gasteiger partial charge in [-0.3, -0.25) is 4.79 Å². The first kappa shape index (κ1) is 17.0. The van der Waals surface area contributed by atoms with Gasteiger partial charge in [-0.1, -0.05) is 18.2 Å². The summed E-state index contributed by atoms with van der Waals surface area (Å²) in [5.41, 5.74) is 2.05. The van der Waals surface area contributed by atoms with E-state index in [1.165, 1.54) is 0 Å². The van der Waals surface area contributed by atoms with Gasteiger partial charge in [-0.2, -0.15) is 0 Å². The molecule has 5 nitrogen and oxygen atoms in total. The third kappa shape index (κ3) is 4.36. The number of pyridine rings is 1. The lowest BCUT2D eigenvalue weighted by molar-refractivity contribution is 0.102. The molecule has 0 spiro atoms. The van der Waals surface area contributed by atoms with E-state index in [2.05, 4.69) is 31.5 Å². The van der Waals surface area contributed by atoms with Crippen LogP contribution >= 0.6 is 15.9 Å². The number of hydrogen-bond donors (Lipinski definition) is 2. The first-order chi connectivity index (χ1) is 12.2. The van der Waals surface area contributed by atoms with Crippen LogP contribution in [0.5, 0.6) is 5.75 Å². The van der Waals surface area contributed by atoms with Gasteiger partial charge in [0.2, 0.25) is 0 Å². The van der Waals surface area contributed by atoms with Crippen LogP contribution in [-0.4, -0.2) is 18.0 Å². The Labute approximate surface area is 154 Å². The monoisotopic (exact) mass is 397 g/mol. The topological polar surface area (TPSA) is 63.2 Å². The number of para-hydroxylation sites is 1. The number of ether oxygens (including phenoxy) is 1. The average Bonchev–Trinajstić information content (AvgIpc) is 2.64. The maximum absolute atomic E-state index is 12.5. The summed E-state index contributed by atoms with van der Waals surface area (Å²) in [6.07, 6.45) is 1.60. The summed E-state index contributed by atoms with van der Waals surface area (Å²) >= 11 is 3.48. The van der Waals surface area contributed by atoms with E-state index in [1.54, 1.807) is 31.5 Å². The molecule has 126 valence electrons. The lowest BCUT2D eigenvalue weighted by Gasteiger charge is -2.10. The molecule has 1 aromatic heterocycles. The second-order valence-electron chi connectivity index (χ2n) is 5.22. The average molecular weight is 398 g/mol. The van der Waals surface area contributed by atoms with Crippen LogP contribution in [0.2, 0.25) is 0 Å². The Morgan fingerprint density at radius 3 is 2.72 bits per heavy atom. The SMILES string of the molecule is COc1cccc(NC(=O)c2ccnc(Nc3ccccc3Br)c2)c1. The molecule has 0 unspecified atom stereocenters. The van der Waals surface area contributed by atoms with E-state index in [1.807, 2.05) is 42.5 Å². The maximum atomic E-state index is 12.5. The Hall–Kier alpha value is -2.86. The molecule has 3 aromatic rings. The molecule has 2 N–H and O–H groups in total. The smallest absolute Gasteiger partial charge is 0.255 e. The fraction of sp³-hybridized carbons (Fsp3) is 0.0526. The highest BCUT2D eigenvalue weighted by Crippen LogP contribution is 2.25. The quantitative estimate of drug-likeness (QED) is 0.645. The summed E-state index contributed by atoms with van der Waals surface area (Å²) in [7, 11) is 1.59. The zero-order valence-corrected chi connectivity index (χ0v) is 15.1. The van der Waals surface area contributed by atoms with Crippen LogP contribution in [-0.2, 0) is 0 Å². The molecule has 0 fully saturated rings. The molecule has 0 aliphatic heterocycles. The van der Waals surface area contributed by atoms with Crippen LogP contribution in [0.15, 0.2) is 71.3 Å². The number of carbonyl (C=O) groups excluding carboxylic acids is 1. The first-order valence-electron chi connectivity index (χ1n) is 7.59. The van der Waals surface area contributed by atoms with Gasteiger partial charge >= 0.3 is 0 Å². The first-order valence-corrected chi connectivity index (χ1v) is 8.38. The lowest BCUT2D eigenvalue weighted by Crippen LogP contribution is -2.12. The summed E-state index contributed by atoms with van der Waals surface area (Å²) in [6.45, 7) is 0. The van der Waals surface area contributed by atoms with E-state index in [9.17, 15) is 4.79 Å². The molecule has 25 heavy (non-hydrogen) atoms. The number of hydrogen-bond acceptors (Lipinski definition) is 4. The number of amides is 1. The number of anilines is 3. The largest absolute Gasteiger partial charge is 0.497 e. The van der Waals surface area contributed by atoms with Crippen molar-refractivity contribution in [1.29, 1.82) is 0 Å². The minimum Gasteiger partial charge on any atom is -0.497 e. The lowest BCUT2D eigenvalue weighted by atomic mass is 10.2. The van der Waals surface area contributed by atoms with E-state index in [4.69, 9.17) is 4.74 Å². The Bertz CT molecular complexity index is 899. The molecule has 0 aliphatic rings. The van der Waals surface area contributed by atoms with E-state index in [0.717, 1.165) is 10.2 Å². The molecule has 0 radical (unpaired) electrons. The number of benzene rings is 2. The number of aromatic nitrogens is 1. The van der Waals surface area contributed by atoms with Gasteiger partial charge in [-0.25, -0.2) is 4.98 Å². The molecule has 6 heteroatoms. The van der Waals surface area contributed by atoms with Crippen LogP contribution in [0.25, 0.3) is 0 Å². The molecular weight excluding hydrogens is 382 g/mol. The summed E-state index contributed by atoms with van der Waals surface area (Å²) in [4.78, 5) is 16.7. The number of nitrogens with one attached hydrogen (secondary N) is 2. The van der Waals surface area contributed by atoms with E-state index >= 15 is 0 Å². The fourth-order valence-electron chi connectivity index (χ4n) is 2.24. The molecule has 0 atom stereocenters. The predicted octanol–water partition coefficient (Wildman–Crippen LogP) is 4.85. The van der Waals surface area contributed by atoms with E-state index in [0.29, 0.717) is 22.8 Å². The third-order valence-corrected chi connectivity index (χ3v) is 4.18. The van der Waals surface area contributed by atoms with Gasteiger partial charge in [0.25, 0.3) is 5.91 Å². The molecule has 0 saturated heterocycles. The second-order valence-corrected chi connectivity index (χ2v) is 6.08. The number of methoxy groups -OCH3 is 1. The standard InChI is InChI=1S/C19H16BrN3O2/c1-25-15-6-4-5-14(12-15)22-19(24)13-9-10-21-18(11-13)23-17-8-3-2-7-16(17)20/h2-12H,1H3,(H,21,23)(H,22,24).